The van der Waals surface area contributed by atoms with Crippen molar-refractivity contribution in [2.24, 2.45) is 7.05 Å². The molecule has 0 radical (unpaired) electrons. The van der Waals surface area contributed by atoms with E-state index in [1.165, 1.54) is 11.4 Å². The predicted octanol–water partition coefficient (Wildman–Crippen LogP) is 3.00. The third-order valence-corrected chi connectivity index (χ3v) is 3.08. The van der Waals surface area contributed by atoms with Crippen LogP contribution in [0, 0.1) is 6.92 Å². The van der Waals surface area contributed by atoms with Crippen molar-refractivity contribution in [2.45, 2.75) is 6.92 Å². The normalized spacial score (nSPS) is 10.8. The molecular formula is C16H18NO+. The Morgan fingerprint density at radius 1 is 1.00 bits per heavy atom. The lowest BCUT2D eigenvalue weighted by molar-refractivity contribution is -0.679. The van der Waals surface area contributed by atoms with Crippen molar-refractivity contribution in [3.05, 3.63) is 59.4 Å². The molecule has 0 bridgehead atoms. The number of nitrogens with zero attached hydrogens (tertiary/aromatic N) is 1. The average molecular weight is 240 g/mol. The van der Waals surface area contributed by atoms with Crippen LogP contribution in [0.25, 0.3) is 12.2 Å². The van der Waals surface area contributed by atoms with Crippen molar-refractivity contribution in [1.82, 2.24) is 0 Å². The minimum absolute atomic E-state index is 0.883. The first-order chi connectivity index (χ1) is 8.70. The van der Waals surface area contributed by atoms with E-state index in [9.17, 15) is 0 Å². The van der Waals surface area contributed by atoms with Gasteiger partial charge in [0, 0.05) is 25.1 Å². The summed E-state index contributed by atoms with van der Waals surface area (Å²) < 4.78 is 7.31. The Morgan fingerprint density at radius 3 is 2.39 bits per heavy atom. The number of methoxy groups -OCH3 is 1. The fourth-order valence-electron chi connectivity index (χ4n) is 1.78. The summed E-state index contributed by atoms with van der Waals surface area (Å²) in [4.78, 5) is 0. The zero-order chi connectivity index (χ0) is 13.0. The Bertz CT molecular complexity index is 556. The Morgan fingerprint density at radius 2 is 1.72 bits per heavy atom. The van der Waals surface area contributed by atoms with E-state index in [-0.39, 0.29) is 0 Å². The Labute approximate surface area is 108 Å². The Kier molecular flexibility index (Phi) is 3.78. The first-order valence-electron chi connectivity index (χ1n) is 5.98. The highest BCUT2D eigenvalue weighted by atomic mass is 16.5. The molecule has 0 aliphatic rings. The van der Waals surface area contributed by atoms with E-state index in [2.05, 4.69) is 48.9 Å². The standard InChI is InChI=1S/C16H18NO/c1-13-5-4-6-15(17(13)2)10-7-14-8-11-16(18-3)12-9-14/h4-12H,1-3H3/q+1. The summed E-state index contributed by atoms with van der Waals surface area (Å²) in [6, 6.07) is 14.3. The summed E-state index contributed by atoms with van der Waals surface area (Å²) in [5.41, 5.74) is 3.59. The zero-order valence-electron chi connectivity index (χ0n) is 11.1. The Hall–Kier alpha value is -2.09. The molecule has 1 aromatic heterocycles. The number of rotatable bonds is 3. The molecule has 0 atom stereocenters. The molecule has 0 aliphatic carbocycles. The molecule has 18 heavy (non-hydrogen) atoms. The number of benzene rings is 1. The van der Waals surface area contributed by atoms with Gasteiger partial charge in [-0.15, -0.1) is 0 Å². The first kappa shape index (κ1) is 12.4. The van der Waals surface area contributed by atoms with Crippen LogP contribution in [0.3, 0.4) is 0 Å². The van der Waals surface area contributed by atoms with Crippen LogP contribution in [-0.4, -0.2) is 7.11 Å². The summed E-state index contributed by atoms with van der Waals surface area (Å²) in [5.74, 6) is 0.883. The van der Waals surface area contributed by atoms with Gasteiger partial charge in [0.2, 0.25) is 5.69 Å². The molecule has 0 aliphatic heterocycles. The molecule has 2 heteroatoms. The van der Waals surface area contributed by atoms with E-state index in [1.807, 2.05) is 24.3 Å². The number of aryl methyl sites for hydroxylation is 1. The van der Waals surface area contributed by atoms with Gasteiger partial charge >= 0.3 is 0 Å². The van der Waals surface area contributed by atoms with Crippen LogP contribution in [0.2, 0.25) is 0 Å². The van der Waals surface area contributed by atoms with Crippen LogP contribution in [0.1, 0.15) is 17.0 Å². The molecule has 0 N–H and O–H groups in total. The quantitative estimate of drug-likeness (QED) is 0.752. The number of pyridine rings is 1. The minimum Gasteiger partial charge on any atom is -0.497 e. The van der Waals surface area contributed by atoms with Crippen molar-refractivity contribution in [2.75, 3.05) is 7.11 Å². The lowest BCUT2D eigenvalue weighted by Gasteiger charge is -1.99. The second kappa shape index (κ2) is 5.50. The maximum Gasteiger partial charge on any atom is 0.205 e. The second-order valence-electron chi connectivity index (χ2n) is 4.26. The Balaban J connectivity index is 2.21. The van der Waals surface area contributed by atoms with Gasteiger partial charge in [-0.3, -0.25) is 0 Å². The fraction of sp³-hybridized carbons (Fsp3) is 0.188. The molecule has 2 nitrogen and oxygen atoms in total. The van der Waals surface area contributed by atoms with Crippen LogP contribution in [0.15, 0.2) is 42.5 Å². The van der Waals surface area contributed by atoms with Crippen molar-refractivity contribution in [3.8, 4) is 5.75 Å². The fourth-order valence-corrected chi connectivity index (χ4v) is 1.78. The van der Waals surface area contributed by atoms with Crippen molar-refractivity contribution < 1.29 is 9.30 Å². The molecule has 0 spiro atoms. The van der Waals surface area contributed by atoms with E-state index in [4.69, 9.17) is 4.74 Å². The average Bonchev–Trinajstić information content (AvgIpc) is 2.41. The lowest BCUT2D eigenvalue weighted by Crippen LogP contribution is -2.34. The lowest BCUT2D eigenvalue weighted by atomic mass is 10.2. The minimum atomic E-state index is 0.883. The summed E-state index contributed by atoms with van der Waals surface area (Å²) in [6.07, 6.45) is 4.23. The molecule has 2 rings (SSSR count). The molecule has 0 saturated heterocycles. The third-order valence-electron chi connectivity index (χ3n) is 3.08. The molecule has 1 heterocycles. The molecule has 0 fully saturated rings. The van der Waals surface area contributed by atoms with Gasteiger partial charge in [0.05, 0.1) is 7.11 Å². The first-order valence-corrected chi connectivity index (χ1v) is 5.98. The topological polar surface area (TPSA) is 13.1 Å². The molecule has 92 valence electrons. The maximum atomic E-state index is 5.14. The van der Waals surface area contributed by atoms with Crippen molar-refractivity contribution >= 4 is 12.2 Å². The number of ether oxygens (including phenoxy) is 1. The molecule has 0 amide bonds. The summed E-state index contributed by atoms with van der Waals surface area (Å²) >= 11 is 0. The van der Waals surface area contributed by atoms with E-state index >= 15 is 0 Å². The van der Waals surface area contributed by atoms with E-state index in [0.717, 1.165) is 11.3 Å². The SMILES string of the molecule is COc1ccc(C=Cc2cccc(C)[n+]2C)cc1. The van der Waals surface area contributed by atoms with Gasteiger partial charge in [-0.2, -0.15) is 4.57 Å². The summed E-state index contributed by atoms with van der Waals surface area (Å²) in [6.45, 7) is 2.10. The largest absolute Gasteiger partial charge is 0.497 e. The van der Waals surface area contributed by atoms with Crippen LogP contribution < -0.4 is 9.30 Å². The van der Waals surface area contributed by atoms with Gasteiger partial charge in [0.1, 0.15) is 12.8 Å². The molecule has 0 unspecified atom stereocenters. The molecule has 2 aromatic rings. The van der Waals surface area contributed by atoms with Crippen molar-refractivity contribution in [1.29, 1.82) is 0 Å². The highest BCUT2D eigenvalue weighted by molar-refractivity contribution is 5.67. The predicted molar refractivity (Wildman–Crippen MR) is 74.3 cm³/mol. The highest BCUT2D eigenvalue weighted by Gasteiger charge is 2.04. The van der Waals surface area contributed by atoms with Gasteiger partial charge in [-0.25, -0.2) is 0 Å². The number of hydrogen-bond donors (Lipinski definition) is 0. The van der Waals surface area contributed by atoms with Gasteiger partial charge < -0.3 is 4.74 Å². The zero-order valence-corrected chi connectivity index (χ0v) is 11.1. The van der Waals surface area contributed by atoms with Gasteiger partial charge in [0.15, 0.2) is 5.69 Å². The van der Waals surface area contributed by atoms with Crippen LogP contribution >= 0.6 is 0 Å². The molecule has 0 saturated carbocycles. The van der Waals surface area contributed by atoms with E-state index in [1.54, 1.807) is 7.11 Å². The molecule has 1 aromatic carbocycles. The summed E-state index contributed by atoms with van der Waals surface area (Å²) in [7, 11) is 3.75. The molecular weight excluding hydrogens is 222 g/mol. The maximum absolute atomic E-state index is 5.14. The number of hydrogen-bond acceptors (Lipinski definition) is 1. The second-order valence-corrected chi connectivity index (χ2v) is 4.26. The van der Waals surface area contributed by atoms with E-state index < -0.39 is 0 Å². The van der Waals surface area contributed by atoms with Gasteiger partial charge in [0.25, 0.3) is 0 Å². The smallest absolute Gasteiger partial charge is 0.205 e. The van der Waals surface area contributed by atoms with Crippen LogP contribution in [0.5, 0.6) is 5.75 Å². The van der Waals surface area contributed by atoms with Crippen LogP contribution in [-0.2, 0) is 7.05 Å². The number of aromatic nitrogens is 1. The third kappa shape index (κ3) is 2.77. The summed E-state index contributed by atoms with van der Waals surface area (Å²) in [5, 5.41) is 0. The van der Waals surface area contributed by atoms with Gasteiger partial charge in [-0.1, -0.05) is 12.1 Å². The highest BCUT2D eigenvalue weighted by Crippen LogP contribution is 2.13. The monoisotopic (exact) mass is 240 g/mol. The van der Waals surface area contributed by atoms with Gasteiger partial charge in [-0.05, 0) is 29.8 Å². The van der Waals surface area contributed by atoms with Crippen molar-refractivity contribution in [3.63, 3.8) is 0 Å². The van der Waals surface area contributed by atoms with Crippen LogP contribution in [0.4, 0.5) is 0 Å². The van der Waals surface area contributed by atoms with E-state index in [0.29, 0.717) is 0 Å².